The summed E-state index contributed by atoms with van der Waals surface area (Å²) in [6.07, 6.45) is 1.39. The van der Waals surface area contributed by atoms with Gasteiger partial charge in [0.2, 0.25) is 0 Å². The maximum Gasteiger partial charge on any atom is 0.0587 e. The van der Waals surface area contributed by atoms with E-state index in [9.17, 15) is 0 Å². The van der Waals surface area contributed by atoms with E-state index in [1.165, 1.54) is 24.5 Å². The SMILES string of the molecule is COCCNCC1CCSC1. The quantitative estimate of drug-likeness (QED) is 0.629. The lowest BCUT2D eigenvalue weighted by Gasteiger charge is -2.08. The minimum absolute atomic E-state index is 0.833. The molecule has 0 bridgehead atoms. The highest BCUT2D eigenvalue weighted by molar-refractivity contribution is 7.99. The van der Waals surface area contributed by atoms with Crippen LogP contribution >= 0.6 is 11.8 Å². The first-order valence-corrected chi connectivity index (χ1v) is 5.36. The Morgan fingerprint density at radius 1 is 1.64 bits per heavy atom. The zero-order chi connectivity index (χ0) is 7.94. The molecule has 2 nitrogen and oxygen atoms in total. The molecule has 1 rings (SSSR count). The summed E-state index contributed by atoms with van der Waals surface area (Å²) in [5, 5.41) is 3.39. The maximum absolute atomic E-state index is 4.94. The molecule has 1 aliphatic rings. The molecule has 0 aliphatic carbocycles. The van der Waals surface area contributed by atoms with Crippen LogP contribution in [-0.4, -0.2) is 38.3 Å². The third-order valence-corrected chi connectivity index (χ3v) is 3.17. The van der Waals surface area contributed by atoms with Crippen LogP contribution in [0.2, 0.25) is 0 Å². The molecule has 0 spiro atoms. The molecule has 0 radical (unpaired) electrons. The van der Waals surface area contributed by atoms with Crippen LogP contribution in [0.1, 0.15) is 6.42 Å². The fourth-order valence-corrected chi connectivity index (χ4v) is 2.51. The van der Waals surface area contributed by atoms with Crippen molar-refractivity contribution >= 4 is 11.8 Å². The molecule has 1 heterocycles. The van der Waals surface area contributed by atoms with Gasteiger partial charge in [-0.25, -0.2) is 0 Å². The average Bonchev–Trinajstić information content (AvgIpc) is 2.50. The largest absolute Gasteiger partial charge is 0.383 e. The average molecular weight is 175 g/mol. The number of thioether (sulfide) groups is 1. The first-order chi connectivity index (χ1) is 5.43. The number of hydrogen-bond acceptors (Lipinski definition) is 3. The van der Waals surface area contributed by atoms with Gasteiger partial charge in [-0.2, -0.15) is 11.8 Å². The van der Waals surface area contributed by atoms with E-state index in [0.29, 0.717) is 0 Å². The second kappa shape index (κ2) is 5.86. The Bertz CT molecular complexity index is 94.1. The molecule has 66 valence electrons. The van der Waals surface area contributed by atoms with Crippen LogP contribution < -0.4 is 5.32 Å². The Balaban J connectivity index is 1.86. The fraction of sp³-hybridized carbons (Fsp3) is 1.00. The number of hydrogen-bond donors (Lipinski definition) is 1. The van der Waals surface area contributed by atoms with Gasteiger partial charge in [-0.1, -0.05) is 0 Å². The molecule has 1 unspecified atom stereocenters. The number of methoxy groups -OCH3 is 1. The lowest BCUT2D eigenvalue weighted by Crippen LogP contribution is -2.25. The van der Waals surface area contributed by atoms with Crippen LogP contribution in [0.3, 0.4) is 0 Å². The van der Waals surface area contributed by atoms with Crippen molar-refractivity contribution in [1.82, 2.24) is 5.32 Å². The van der Waals surface area contributed by atoms with Gasteiger partial charge in [-0.3, -0.25) is 0 Å². The summed E-state index contributed by atoms with van der Waals surface area (Å²) in [7, 11) is 1.74. The Hall–Kier alpha value is 0.270. The summed E-state index contributed by atoms with van der Waals surface area (Å²) in [6, 6.07) is 0. The molecule has 1 N–H and O–H groups in total. The van der Waals surface area contributed by atoms with E-state index in [1.54, 1.807) is 7.11 Å². The molecule has 0 aromatic heterocycles. The van der Waals surface area contributed by atoms with Crippen LogP contribution in [0, 0.1) is 5.92 Å². The molecule has 3 heteroatoms. The van der Waals surface area contributed by atoms with Crippen molar-refractivity contribution in [2.24, 2.45) is 5.92 Å². The highest BCUT2D eigenvalue weighted by Crippen LogP contribution is 2.22. The predicted octanol–water partition coefficient (Wildman–Crippen LogP) is 0.975. The molecular weight excluding hydrogens is 158 g/mol. The number of nitrogens with one attached hydrogen (secondary N) is 1. The van der Waals surface area contributed by atoms with Gasteiger partial charge >= 0.3 is 0 Å². The van der Waals surface area contributed by atoms with E-state index in [1.807, 2.05) is 0 Å². The summed E-state index contributed by atoms with van der Waals surface area (Å²) in [5.74, 6) is 3.62. The molecule has 0 saturated carbocycles. The van der Waals surface area contributed by atoms with E-state index in [4.69, 9.17) is 4.74 Å². The molecule has 1 saturated heterocycles. The van der Waals surface area contributed by atoms with Gasteiger partial charge in [-0.15, -0.1) is 0 Å². The molecule has 0 aromatic rings. The first kappa shape index (κ1) is 9.36. The molecular formula is C8H17NOS. The summed E-state index contributed by atoms with van der Waals surface area (Å²) >= 11 is 2.07. The standard InChI is InChI=1S/C8H17NOS/c1-10-4-3-9-6-8-2-5-11-7-8/h8-9H,2-7H2,1H3. The predicted molar refractivity (Wildman–Crippen MR) is 50.2 cm³/mol. The van der Waals surface area contributed by atoms with Gasteiger partial charge < -0.3 is 10.1 Å². The normalized spacial score (nSPS) is 24.3. The van der Waals surface area contributed by atoms with Crippen molar-refractivity contribution in [3.05, 3.63) is 0 Å². The van der Waals surface area contributed by atoms with E-state index >= 15 is 0 Å². The topological polar surface area (TPSA) is 21.3 Å². The lowest BCUT2D eigenvalue weighted by atomic mass is 10.1. The van der Waals surface area contributed by atoms with Crippen LogP contribution in [-0.2, 0) is 4.74 Å². The molecule has 1 fully saturated rings. The van der Waals surface area contributed by atoms with Crippen molar-refractivity contribution in [2.45, 2.75) is 6.42 Å². The summed E-state index contributed by atoms with van der Waals surface area (Å²) < 4.78 is 4.94. The maximum atomic E-state index is 4.94. The minimum atomic E-state index is 0.833. The summed E-state index contributed by atoms with van der Waals surface area (Å²) in [5.41, 5.74) is 0. The Labute approximate surface area is 73.1 Å². The van der Waals surface area contributed by atoms with Crippen LogP contribution in [0.5, 0.6) is 0 Å². The third-order valence-electron chi connectivity index (χ3n) is 1.94. The van der Waals surface area contributed by atoms with Crippen molar-refractivity contribution in [3.63, 3.8) is 0 Å². The van der Waals surface area contributed by atoms with Gasteiger partial charge in [0.05, 0.1) is 6.61 Å². The van der Waals surface area contributed by atoms with Gasteiger partial charge in [0, 0.05) is 13.7 Å². The van der Waals surface area contributed by atoms with Crippen LogP contribution in [0.4, 0.5) is 0 Å². The smallest absolute Gasteiger partial charge is 0.0587 e. The lowest BCUT2D eigenvalue weighted by molar-refractivity contribution is 0.198. The van der Waals surface area contributed by atoms with Gasteiger partial charge in [0.25, 0.3) is 0 Å². The fourth-order valence-electron chi connectivity index (χ4n) is 1.22. The van der Waals surface area contributed by atoms with E-state index in [-0.39, 0.29) is 0 Å². The Morgan fingerprint density at radius 3 is 3.18 bits per heavy atom. The zero-order valence-corrected chi connectivity index (χ0v) is 7.95. The monoisotopic (exact) mass is 175 g/mol. The first-order valence-electron chi connectivity index (χ1n) is 4.21. The molecule has 1 aliphatic heterocycles. The number of ether oxygens (including phenoxy) is 1. The van der Waals surface area contributed by atoms with Crippen LogP contribution in [0.15, 0.2) is 0 Å². The van der Waals surface area contributed by atoms with Crippen LogP contribution in [0.25, 0.3) is 0 Å². The van der Waals surface area contributed by atoms with Gasteiger partial charge in [0.1, 0.15) is 0 Å². The second-order valence-corrected chi connectivity index (χ2v) is 4.08. The molecule has 1 atom stereocenters. The second-order valence-electron chi connectivity index (χ2n) is 2.93. The minimum Gasteiger partial charge on any atom is -0.383 e. The molecule has 11 heavy (non-hydrogen) atoms. The molecule has 0 aromatic carbocycles. The Kier molecular flexibility index (Phi) is 4.99. The van der Waals surface area contributed by atoms with Crippen molar-refractivity contribution < 1.29 is 4.74 Å². The van der Waals surface area contributed by atoms with E-state index in [2.05, 4.69) is 17.1 Å². The van der Waals surface area contributed by atoms with Gasteiger partial charge in [-0.05, 0) is 30.4 Å². The third kappa shape index (κ3) is 3.99. The highest BCUT2D eigenvalue weighted by atomic mass is 32.2. The van der Waals surface area contributed by atoms with Crippen molar-refractivity contribution in [2.75, 3.05) is 38.3 Å². The van der Waals surface area contributed by atoms with E-state index in [0.717, 1.165) is 19.1 Å². The van der Waals surface area contributed by atoms with Crippen molar-refractivity contribution in [3.8, 4) is 0 Å². The Morgan fingerprint density at radius 2 is 2.55 bits per heavy atom. The van der Waals surface area contributed by atoms with Gasteiger partial charge in [0.15, 0.2) is 0 Å². The molecule has 0 amide bonds. The van der Waals surface area contributed by atoms with Crippen molar-refractivity contribution in [1.29, 1.82) is 0 Å². The zero-order valence-electron chi connectivity index (χ0n) is 7.14. The van der Waals surface area contributed by atoms with E-state index < -0.39 is 0 Å². The highest BCUT2D eigenvalue weighted by Gasteiger charge is 2.13. The summed E-state index contributed by atoms with van der Waals surface area (Å²) in [4.78, 5) is 0. The summed E-state index contributed by atoms with van der Waals surface area (Å²) in [6.45, 7) is 3.01. The number of rotatable bonds is 5.